The summed E-state index contributed by atoms with van der Waals surface area (Å²) in [6.45, 7) is 0. The maximum absolute atomic E-state index is 0. The number of hydrogen-bond acceptors (Lipinski definition) is 0. The molecule has 0 aliphatic heterocycles. The SMILES string of the molecule is [Cu+2].[Pb+2].[S-2].[S-2].[Zn]. The van der Waals surface area contributed by atoms with Gasteiger partial charge in [0, 0.05) is 19.5 Å². The molecule has 0 bridgehead atoms. The van der Waals surface area contributed by atoms with Gasteiger partial charge in [-0.25, -0.2) is 0 Å². The topological polar surface area (TPSA) is 0 Å². The molecular weight excluding hydrogens is 400 g/mol. The summed E-state index contributed by atoms with van der Waals surface area (Å²) in [6, 6.07) is 0. The molecule has 5 heteroatoms. The second-order valence-electron chi connectivity index (χ2n) is 0. The Kier molecular flexibility index (Phi) is 273. The fourth-order valence-electron chi connectivity index (χ4n) is 0. The van der Waals surface area contributed by atoms with Crippen molar-refractivity contribution in [1.82, 2.24) is 0 Å². The molecule has 0 aromatic rings. The van der Waals surface area contributed by atoms with Crippen LogP contribution < -0.4 is 0 Å². The zero-order valence-electron chi connectivity index (χ0n) is 2.33. The van der Waals surface area contributed by atoms with Crippen LogP contribution in [0.4, 0.5) is 0 Å². The Morgan fingerprint density at radius 3 is 0.800 bits per heavy atom. The molecule has 0 heterocycles. The average Bonchev–Trinajstić information content (AvgIpc) is 0. The van der Waals surface area contributed by atoms with Gasteiger partial charge in [-0.15, -0.1) is 0 Å². The zero-order chi connectivity index (χ0) is 0. The van der Waals surface area contributed by atoms with E-state index in [0.717, 1.165) is 0 Å². The molecule has 0 atom stereocenters. The second-order valence-corrected chi connectivity index (χ2v) is 0. The molecule has 0 aliphatic carbocycles. The molecule has 0 spiro atoms. The van der Waals surface area contributed by atoms with Crippen LogP contribution in [-0.4, -0.2) is 27.3 Å². The third-order valence-electron chi connectivity index (χ3n) is 0. The first kappa shape index (κ1) is 46.5. The zero-order valence-corrected chi connectivity index (χ0v) is 11.8. The van der Waals surface area contributed by atoms with Crippen molar-refractivity contribution in [2.45, 2.75) is 0 Å². The minimum absolute atomic E-state index is 0. The summed E-state index contributed by atoms with van der Waals surface area (Å²) in [4.78, 5) is 0. The van der Waals surface area contributed by atoms with E-state index < -0.39 is 0 Å². The van der Waals surface area contributed by atoms with E-state index in [1.54, 1.807) is 0 Å². The largest absolute Gasteiger partial charge is 2.00 e. The molecule has 0 amide bonds. The molecule has 0 nitrogen and oxygen atoms in total. The first-order valence-electron chi connectivity index (χ1n) is 0. The van der Waals surface area contributed by atoms with Crippen molar-refractivity contribution in [3.05, 3.63) is 0 Å². The van der Waals surface area contributed by atoms with E-state index in [9.17, 15) is 0 Å². The summed E-state index contributed by atoms with van der Waals surface area (Å²) in [7, 11) is 0. The van der Waals surface area contributed by atoms with Gasteiger partial charge in [0.2, 0.25) is 0 Å². The monoisotopic (exact) mass is 399 g/mol. The summed E-state index contributed by atoms with van der Waals surface area (Å²) in [5, 5.41) is 0. The summed E-state index contributed by atoms with van der Waals surface area (Å²) in [5.41, 5.74) is 0. The molecule has 0 unspecified atom stereocenters. The fourth-order valence-corrected chi connectivity index (χ4v) is 0. The Balaban J connectivity index is 0. The van der Waals surface area contributed by atoms with Crippen molar-refractivity contribution < 1.29 is 36.5 Å². The molecule has 0 aliphatic rings. The van der Waals surface area contributed by atoms with Gasteiger partial charge in [0.1, 0.15) is 0 Å². The molecular formula is CuPbS2Zn. The Bertz CT molecular complexity index is 9.61. The van der Waals surface area contributed by atoms with E-state index in [1.165, 1.54) is 0 Å². The predicted octanol–water partition coefficient (Wildman–Crippen LogP) is -0.391. The third kappa shape index (κ3) is 20.1. The Labute approximate surface area is 89.5 Å². The molecule has 0 rings (SSSR count). The van der Waals surface area contributed by atoms with Crippen molar-refractivity contribution in [2.24, 2.45) is 0 Å². The second kappa shape index (κ2) is 29.4. The first-order valence-corrected chi connectivity index (χ1v) is 0. The Hall–Kier alpha value is 2.76. The van der Waals surface area contributed by atoms with Gasteiger partial charge in [0.25, 0.3) is 0 Å². The molecule has 29 valence electrons. The Morgan fingerprint density at radius 1 is 0.800 bits per heavy atom. The minimum atomic E-state index is 0. The van der Waals surface area contributed by atoms with Crippen molar-refractivity contribution in [3.8, 4) is 0 Å². The van der Waals surface area contributed by atoms with Crippen LogP contribution in [0.25, 0.3) is 0 Å². The van der Waals surface area contributed by atoms with Crippen molar-refractivity contribution >= 4 is 54.3 Å². The van der Waals surface area contributed by atoms with Crippen LogP contribution in [0.15, 0.2) is 0 Å². The van der Waals surface area contributed by atoms with Crippen molar-refractivity contribution in [2.75, 3.05) is 0 Å². The average molecular weight is 400 g/mol. The first-order chi connectivity index (χ1) is 0. The van der Waals surface area contributed by atoms with Gasteiger partial charge in [-0.1, -0.05) is 0 Å². The van der Waals surface area contributed by atoms with Crippen LogP contribution in [0.5, 0.6) is 0 Å². The van der Waals surface area contributed by atoms with E-state index >= 15 is 0 Å². The molecule has 0 fully saturated rings. The van der Waals surface area contributed by atoms with Gasteiger partial charge in [0.15, 0.2) is 0 Å². The van der Waals surface area contributed by atoms with E-state index in [-0.39, 0.29) is 90.8 Å². The van der Waals surface area contributed by atoms with Gasteiger partial charge in [-0.05, 0) is 0 Å². The van der Waals surface area contributed by atoms with Gasteiger partial charge < -0.3 is 27.0 Å². The Morgan fingerprint density at radius 2 is 0.800 bits per heavy atom. The van der Waals surface area contributed by atoms with E-state index in [0.29, 0.717) is 0 Å². The van der Waals surface area contributed by atoms with E-state index in [2.05, 4.69) is 0 Å². The van der Waals surface area contributed by atoms with Gasteiger partial charge >= 0.3 is 44.4 Å². The van der Waals surface area contributed by atoms with Gasteiger partial charge in [0.05, 0.1) is 0 Å². The van der Waals surface area contributed by atoms with Crippen LogP contribution in [0, 0.1) is 0 Å². The van der Waals surface area contributed by atoms with Gasteiger partial charge in [-0.2, -0.15) is 0 Å². The van der Waals surface area contributed by atoms with Crippen LogP contribution in [0.3, 0.4) is 0 Å². The number of hydrogen-bond donors (Lipinski definition) is 0. The third-order valence-corrected chi connectivity index (χ3v) is 0. The molecule has 0 aromatic carbocycles. The molecule has 3 radical (unpaired) electrons. The van der Waals surface area contributed by atoms with Crippen molar-refractivity contribution in [3.63, 3.8) is 0 Å². The quantitative estimate of drug-likeness (QED) is 0.486. The minimum Gasteiger partial charge on any atom is -2.00 e. The molecule has 0 saturated heterocycles. The fraction of sp³-hybridized carbons (Fsp3) is 0. The van der Waals surface area contributed by atoms with Crippen LogP contribution in [0.1, 0.15) is 0 Å². The maximum atomic E-state index is 0. The van der Waals surface area contributed by atoms with Gasteiger partial charge in [-0.3, -0.25) is 0 Å². The molecule has 0 N–H and O–H groups in total. The van der Waals surface area contributed by atoms with Crippen LogP contribution in [-0.2, 0) is 63.5 Å². The van der Waals surface area contributed by atoms with E-state index in [1.807, 2.05) is 0 Å². The maximum Gasteiger partial charge on any atom is 2.00 e. The van der Waals surface area contributed by atoms with E-state index in [4.69, 9.17) is 0 Å². The summed E-state index contributed by atoms with van der Waals surface area (Å²) in [5.74, 6) is 0. The smallest absolute Gasteiger partial charge is 2.00 e. The molecule has 0 saturated carbocycles. The standard InChI is InChI=1S/Cu.Pb.2S.Zn/q2*+2;2*-2;. The summed E-state index contributed by atoms with van der Waals surface area (Å²) < 4.78 is 0. The molecule has 5 heavy (non-hydrogen) atoms. The normalized spacial score (nSPS) is 0. The molecule has 0 aromatic heterocycles. The van der Waals surface area contributed by atoms with Crippen LogP contribution in [0.2, 0.25) is 0 Å². The summed E-state index contributed by atoms with van der Waals surface area (Å²) in [6.07, 6.45) is 0. The predicted molar refractivity (Wildman–Crippen MR) is 20.5 cm³/mol. The number of rotatable bonds is 0. The van der Waals surface area contributed by atoms with Crippen LogP contribution >= 0.6 is 0 Å². The van der Waals surface area contributed by atoms with Crippen molar-refractivity contribution in [1.29, 1.82) is 0 Å². The summed E-state index contributed by atoms with van der Waals surface area (Å²) >= 11 is 0.